The summed E-state index contributed by atoms with van der Waals surface area (Å²) < 4.78 is 5.31. The van der Waals surface area contributed by atoms with Crippen molar-refractivity contribution in [3.63, 3.8) is 0 Å². The van der Waals surface area contributed by atoms with Crippen molar-refractivity contribution in [2.75, 3.05) is 7.11 Å². The molecule has 0 N–H and O–H groups in total. The molecule has 0 spiro atoms. The van der Waals surface area contributed by atoms with E-state index in [-0.39, 0.29) is 0 Å². The van der Waals surface area contributed by atoms with Crippen molar-refractivity contribution >= 4 is 10.9 Å². The van der Waals surface area contributed by atoms with Gasteiger partial charge in [0.15, 0.2) is 0 Å². The second kappa shape index (κ2) is 5.57. The molecule has 0 saturated carbocycles. The van der Waals surface area contributed by atoms with Gasteiger partial charge in [-0.15, -0.1) is 0 Å². The van der Waals surface area contributed by atoms with Crippen molar-refractivity contribution in [3.05, 3.63) is 60.2 Å². The Labute approximate surface area is 125 Å². The lowest BCUT2D eigenvalue weighted by atomic mass is 9.95. The summed E-state index contributed by atoms with van der Waals surface area (Å²) in [5.41, 5.74) is 4.50. The molecule has 1 aromatic heterocycles. The van der Waals surface area contributed by atoms with Crippen molar-refractivity contribution < 1.29 is 4.74 Å². The highest BCUT2D eigenvalue weighted by atomic mass is 16.5. The van der Waals surface area contributed by atoms with Crippen molar-refractivity contribution in [1.29, 1.82) is 0 Å². The monoisotopic (exact) mass is 277 g/mol. The molecule has 0 radical (unpaired) electrons. The molecule has 2 heteroatoms. The predicted octanol–water partition coefficient (Wildman–Crippen LogP) is 5.03. The summed E-state index contributed by atoms with van der Waals surface area (Å²) >= 11 is 0. The number of ether oxygens (including phenoxy) is 1. The summed E-state index contributed by atoms with van der Waals surface area (Å²) in [5.74, 6) is 1.29. The molecular formula is C19H19NO. The average Bonchev–Trinajstić information content (AvgIpc) is 2.53. The van der Waals surface area contributed by atoms with Gasteiger partial charge in [-0.1, -0.05) is 44.2 Å². The van der Waals surface area contributed by atoms with Gasteiger partial charge in [0.05, 0.1) is 18.3 Å². The lowest BCUT2D eigenvalue weighted by molar-refractivity contribution is 0.415. The van der Waals surface area contributed by atoms with E-state index in [0.29, 0.717) is 5.92 Å². The number of hydrogen-bond donors (Lipinski definition) is 0. The van der Waals surface area contributed by atoms with Gasteiger partial charge in [0, 0.05) is 10.9 Å². The van der Waals surface area contributed by atoms with Gasteiger partial charge < -0.3 is 4.74 Å². The van der Waals surface area contributed by atoms with Crippen LogP contribution in [0, 0.1) is 0 Å². The molecule has 0 aliphatic carbocycles. The first-order chi connectivity index (χ1) is 10.2. The van der Waals surface area contributed by atoms with Gasteiger partial charge in [0.25, 0.3) is 0 Å². The minimum absolute atomic E-state index is 0.420. The van der Waals surface area contributed by atoms with Crippen molar-refractivity contribution in [1.82, 2.24) is 4.98 Å². The third-order valence-corrected chi connectivity index (χ3v) is 3.72. The molecule has 3 aromatic rings. The topological polar surface area (TPSA) is 22.1 Å². The van der Waals surface area contributed by atoms with Gasteiger partial charge >= 0.3 is 0 Å². The summed E-state index contributed by atoms with van der Waals surface area (Å²) in [6.45, 7) is 4.41. The molecule has 21 heavy (non-hydrogen) atoms. The third-order valence-electron chi connectivity index (χ3n) is 3.72. The molecular weight excluding hydrogens is 258 g/mol. The fourth-order valence-corrected chi connectivity index (χ4v) is 2.57. The normalized spacial score (nSPS) is 11.0. The van der Waals surface area contributed by atoms with Crippen molar-refractivity contribution in [2.45, 2.75) is 19.8 Å². The Morgan fingerprint density at radius 1 is 0.952 bits per heavy atom. The average molecular weight is 277 g/mol. The highest BCUT2D eigenvalue weighted by molar-refractivity contribution is 5.84. The lowest BCUT2D eigenvalue weighted by Crippen LogP contribution is -1.97. The maximum Gasteiger partial charge on any atom is 0.119 e. The van der Waals surface area contributed by atoms with E-state index in [9.17, 15) is 0 Å². The molecule has 0 fully saturated rings. The lowest BCUT2D eigenvalue weighted by Gasteiger charge is -2.14. The molecule has 0 saturated heterocycles. The molecule has 2 nitrogen and oxygen atoms in total. The van der Waals surface area contributed by atoms with Crippen molar-refractivity contribution in [3.8, 4) is 17.0 Å². The molecule has 3 rings (SSSR count). The Balaban J connectivity index is 2.26. The molecule has 2 aromatic carbocycles. The summed E-state index contributed by atoms with van der Waals surface area (Å²) in [6.07, 6.45) is 0. The summed E-state index contributed by atoms with van der Waals surface area (Å²) in [4.78, 5) is 4.89. The highest BCUT2D eigenvalue weighted by Crippen LogP contribution is 2.31. The fourth-order valence-electron chi connectivity index (χ4n) is 2.57. The van der Waals surface area contributed by atoms with Crippen LogP contribution in [-0.4, -0.2) is 12.1 Å². The standard InChI is InChI=1S/C19H19NO/c1-13(2)17-12-15-11-16(21-3)9-10-18(15)20-19(17)14-7-5-4-6-8-14/h4-13H,1-3H3. The quantitative estimate of drug-likeness (QED) is 0.669. The molecule has 0 bridgehead atoms. The minimum atomic E-state index is 0.420. The van der Waals surface area contributed by atoms with Gasteiger partial charge in [-0.05, 0) is 35.7 Å². The van der Waals surface area contributed by atoms with Gasteiger partial charge in [0.1, 0.15) is 5.75 Å². The van der Waals surface area contributed by atoms with E-state index in [1.54, 1.807) is 7.11 Å². The Bertz CT molecular complexity index is 763. The van der Waals surface area contributed by atoms with E-state index in [0.717, 1.165) is 22.3 Å². The van der Waals surface area contributed by atoms with E-state index in [1.165, 1.54) is 11.1 Å². The van der Waals surface area contributed by atoms with Crippen LogP contribution in [0.15, 0.2) is 54.6 Å². The van der Waals surface area contributed by atoms with E-state index in [1.807, 2.05) is 24.3 Å². The zero-order valence-corrected chi connectivity index (χ0v) is 12.6. The summed E-state index contributed by atoms with van der Waals surface area (Å²) in [7, 11) is 1.69. The first-order valence-electron chi connectivity index (χ1n) is 7.23. The Morgan fingerprint density at radius 2 is 1.71 bits per heavy atom. The van der Waals surface area contributed by atoms with E-state index >= 15 is 0 Å². The molecule has 0 atom stereocenters. The van der Waals surface area contributed by atoms with Crippen LogP contribution in [0.4, 0.5) is 0 Å². The van der Waals surface area contributed by atoms with Gasteiger partial charge in [-0.3, -0.25) is 0 Å². The van der Waals surface area contributed by atoms with Crippen LogP contribution in [0.3, 0.4) is 0 Å². The number of rotatable bonds is 3. The number of methoxy groups -OCH3 is 1. The number of aromatic nitrogens is 1. The van der Waals surface area contributed by atoms with Crippen LogP contribution < -0.4 is 4.74 Å². The second-order valence-electron chi connectivity index (χ2n) is 5.51. The maximum absolute atomic E-state index is 5.31. The maximum atomic E-state index is 5.31. The van der Waals surface area contributed by atoms with Crippen LogP contribution in [-0.2, 0) is 0 Å². The van der Waals surface area contributed by atoms with Gasteiger partial charge in [-0.25, -0.2) is 4.98 Å². The molecule has 0 amide bonds. The number of pyridine rings is 1. The van der Waals surface area contributed by atoms with Crippen LogP contribution in [0.25, 0.3) is 22.2 Å². The Kier molecular flexibility index (Phi) is 3.61. The molecule has 0 aliphatic rings. The summed E-state index contributed by atoms with van der Waals surface area (Å²) in [6, 6.07) is 18.6. The molecule has 1 heterocycles. The first kappa shape index (κ1) is 13.6. The van der Waals surface area contributed by atoms with E-state index in [4.69, 9.17) is 9.72 Å². The van der Waals surface area contributed by atoms with Gasteiger partial charge in [0.2, 0.25) is 0 Å². The van der Waals surface area contributed by atoms with Crippen LogP contribution in [0.1, 0.15) is 25.3 Å². The Hall–Kier alpha value is -2.35. The first-order valence-corrected chi connectivity index (χ1v) is 7.23. The number of fused-ring (bicyclic) bond motifs is 1. The number of nitrogens with zero attached hydrogens (tertiary/aromatic N) is 1. The van der Waals surface area contributed by atoms with Crippen LogP contribution >= 0.6 is 0 Å². The second-order valence-corrected chi connectivity index (χ2v) is 5.51. The fraction of sp³-hybridized carbons (Fsp3) is 0.211. The predicted molar refractivity (Wildman–Crippen MR) is 87.8 cm³/mol. The Morgan fingerprint density at radius 3 is 2.38 bits per heavy atom. The zero-order chi connectivity index (χ0) is 14.8. The third kappa shape index (κ3) is 2.62. The SMILES string of the molecule is COc1ccc2nc(-c3ccccc3)c(C(C)C)cc2c1. The largest absolute Gasteiger partial charge is 0.497 e. The van der Waals surface area contributed by atoms with Gasteiger partial charge in [-0.2, -0.15) is 0 Å². The molecule has 0 unspecified atom stereocenters. The van der Waals surface area contributed by atoms with E-state index in [2.05, 4.69) is 44.2 Å². The smallest absolute Gasteiger partial charge is 0.119 e. The summed E-state index contributed by atoms with van der Waals surface area (Å²) in [5, 5.41) is 1.12. The van der Waals surface area contributed by atoms with Crippen LogP contribution in [0.2, 0.25) is 0 Å². The highest BCUT2D eigenvalue weighted by Gasteiger charge is 2.12. The van der Waals surface area contributed by atoms with E-state index < -0.39 is 0 Å². The zero-order valence-electron chi connectivity index (χ0n) is 12.6. The number of hydrogen-bond acceptors (Lipinski definition) is 2. The molecule has 106 valence electrons. The minimum Gasteiger partial charge on any atom is -0.497 e. The van der Waals surface area contributed by atoms with Crippen molar-refractivity contribution in [2.24, 2.45) is 0 Å². The molecule has 0 aliphatic heterocycles. The van der Waals surface area contributed by atoms with Crippen LogP contribution in [0.5, 0.6) is 5.75 Å². The number of benzene rings is 2.